The Morgan fingerprint density at radius 1 is 1.37 bits per heavy atom. The largest absolute Gasteiger partial charge is 0.454 e. The van der Waals surface area contributed by atoms with Crippen molar-refractivity contribution < 1.29 is 44.5 Å². The first-order valence-electron chi connectivity index (χ1n) is 11.2. The third-order valence-corrected chi connectivity index (χ3v) is 6.68. The van der Waals surface area contributed by atoms with Crippen molar-refractivity contribution in [2.24, 2.45) is 11.1 Å². The van der Waals surface area contributed by atoms with Crippen molar-refractivity contribution in [3.05, 3.63) is 65.8 Å². The van der Waals surface area contributed by atoms with Crippen molar-refractivity contribution in [1.29, 1.82) is 0 Å². The van der Waals surface area contributed by atoms with Crippen molar-refractivity contribution in [2.45, 2.75) is 43.9 Å². The number of halogens is 4. The minimum Gasteiger partial charge on any atom is -0.454 e. The normalized spacial score (nSPS) is 22.9. The first-order chi connectivity index (χ1) is 17.7. The average molecular weight is 562 g/mol. The van der Waals surface area contributed by atoms with Gasteiger partial charge in [-0.25, -0.2) is 19.5 Å². The van der Waals surface area contributed by atoms with Gasteiger partial charge < -0.3 is 19.4 Å². The van der Waals surface area contributed by atoms with E-state index in [0.717, 1.165) is 12.4 Å². The van der Waals surface area contributed by atoms with Crippen LogP contribution in [0.5, 0.6) is 0 Å². The van der Waals surface area contributed by atoms with Crippen LogP contribution in [0.3, 0.4) is 0 Å². The second-order valence-electron chi connectivity index (χ2n) is 8.80. The van der Waals surface area contributed by atoms with Gasteiger partial charge in [0.25, 0.3) is 0 Å². The number of anilines is 1. The van der Waals surface area contributed by atoms with Gasteiger partial charge in [-0.1, -0.05) is 0 Å². The average Bonchev–Trinajstić information content (AvgIpc) is 3.59. The van der Waals surface area contributed by atoms with Gasteiger partial charge in [0.15, 0.2) is 5.78 Å². The monoisotopic (exact) mass is 561 g/mol. The summed E-state index contributed by atoms with van der Waals surface area (Å²) in [4.78, 5) is 21.1. The molecule has 206 valence electrons. The maximum Gasteiger partial charge on any atom is 0.449 e. The second-order valence-corrected chi connectivity index (χ2v) is 10.0. The number of furan rings is 1. The Labute approximate surface area is 213 Å². The van der Waals surface area contributed by atoms with E-state index in [-0.39, 0.29) is 29.1 Å². The Kier molecular flexibility index (Phi) is 7.60. The molecule has 1 fully saturated rings. The summed E-state index contributed by atoms with van der Waals surface area (Å²) in [6, 6.07) is 1.77. The van der Waals surface area contributed by atoms with E-state index in [1.807, 2.05) is 0 Å². The third-order valence-electron chi connectivity index (χ3n) is 6.22. The van der Waals surface area contributed by atoms with Gasteiger partial charge in [0.05, 0.1) is 30.4 Å². The molecule has 38 heavy (non-hydrogen) atoms. The third kappa shape index (κ3) is 6.03. The van der Waals surface area contributed by atoms with Crippen LogP contribution in [0, 0.1) is 5.92 Å². The Balaban J connectivity index is 1.49. The van der Waals surface area contributed by atoms with Gasteiger partial charge in [0.1, 0.15) is 24.1 Å². The van der Waals surface area contributed by atoms with E-state index in [1.54, 1.807) is 6.92 Å². The highest BCUT2D eigenvalue weighted by Gasteiger charge is 2.44. The van der Waals surface area contributed by atoms with E-state index in [9.17, 15) is 35.9 Å². The van der Waals surface area contributed by atoms with E-state index in [2.05, 4.69) is 19.5 Å². The molecule has 0 aliphatic heterocycles. The van der Waals surface area contributed by atoms with Crippen LogP contribution < -0.4 is 10.5 Å². The smallest absolute Gasteiger partial charge is 0.449 e. The first kappa shape index (κ1) is 27.7. The van der Waals surface area contributed by atoms with Crippen LogP contribution in [-0.2, 0) is 20.7 Å². The van der Waals surface area contributed by atoms with E-state index in [0.29, 0.717) is 0 Å². The Hall–Kier alpha value is -3.34. The highest BCUT2D eigenvalue weighted by atomic mass is 32.2. The molecule has 0 bridgehead atoms. The molecule has 11 nitrogen and oxygen atoms in total. The van der Waals surface area contributed by atoms with E-state index in [1.165, 1.54) is 35.3 Å². The fourth-order valence-electron chi connectivity index (χ4n) is 4.19. The number of carbonyl (C=O) groups excluding carboxylic acids is 1. The molecule has 0 radical (unpaired) electrons. The number of aromatic nitrogens is 3. The van der Waals surface area contributed by atoms with Crippen molar-refractivity contribution in [3.63, 3.8) is 0 Å². The number of rotatable bonds is 9. The molecule has 4 N–H and O–H groups in total. The molecule has 0 spiro atoms. The molecule has 1 saturated carbocycles. The van der Waals surface area contributed by atoms with Gasteiger partial charge in [0, 0.05) is 30.1 Å². The molecule has 1 aliphatic carbocycles. The molecule has 0 amide bonds. The summed E-state index contributed by atoms with van der Waals surface area (Å²) in [5, 5.41) is 17.7. The summed E-state index contributed by atoms with van der Waals surface area (Å²) >= 11 is 0. The molecule has 4 rings (SSSR count). The molecule has 1 aliphatic rings. The zero-order chi connectivity index (χ0) is 27.8. The number of hydrogen-bond acceptors (Lipinski definition) is 9. The fraction of sp³-hybridized carbons (Fsp3) is 0.409. The molecule has 0 aromatic carbocycles. The van der Waals surface area contributed by atoms with Crippen LogP contribution in [0.4, 0.5) is 23.4 Å². The van der Waals surface area contributed by atoms with Crippen molar-refractivity contribution in [3.8, 4) is 0 Å². The lowest BCUT2D eigenvalue weighted by molar-refractivity contribution is -0.153. The number of aliphatic hydroxyl groups excluding tert-OH is 1. The lowest BCUT2D eigenvalue weighted by Gasteiger charge is -2.18. The standard InChI is InChI=1S/C22H23F4N5O6S/c1-11(16-2-3-17(37-16)22(24,25)26)31-5-4-12(8-31)19(32)14-7-28-10-29-21(14)30-15-6-13(20(33)18(15)23)9-36-38(27,34)35/h2-5,7-8,10-11,13,15,18,20,33H,6,9H2,1H3,(H2,27,34,35)(H,28,29,30)/t11-,13-,15-,18-,20-/m1/s1. The highest BCUT2D eigenvalue weighted by molar-refractivity contribution is 7.84. The van der Waals surface area contributed by atoms with Crippen LogP contribution >= 0.6 is 0 Å². The molecule has 0 saturated heterocycles. The van der Waals surface area contributed by atoms with E-state index in [4.69, 9.17) is 9.56 Å². The topological polar surface area (TPSA) is 163 Å². The summed E-state index contributed by atoms with van der Waals surface area (Å²) in [5.41, 5.74) is 0.126. The predicted molar refractivity (Wildman–Crippen MR) is 123 cm³/mol. The summed E-state index contributed by atoms with van der Waals surface area (Å²) < 4.78 is 86.3. The summed E-state index contributed by atoms with van der Waals surface area (Å²) in [6.07, 6.45) is -2.82. The van der Waals surface area contributed by atoms with Crippen LogP contribution in [0.1, 0.15) is 46.8 Å². The number of nitrogens with one attached hydrogen (secondary N) is 1. The van der Waals surface area contributed by atoms with Gasteiger partial charge in [-0.2, -0.15) is 21.6 Å². The number of aliphatic hydroxyl groups is 1. The molecular formula is C22H23F4N5O6S. The molecular weight excluding hydrogens is 538 g/mol. The lowest BCUT2D eigenvalue weighted by Crippen LogP contribution is -2.33. The molecule has 16 heteroatoms. The van der Waals surface area contributed by atoms with Crippen LogP contribution in [0.2, 0.25) is 0 Å². The Morgan fingerprint density at radius 3 is 2.76 bits per heavy atom. The number of nitrogens with two attached hydrogens (primary N) is 1. The molecule has 3 aromatic heterocycles. The second kappa shape index (κ2) is 10.4. The molecule has 0 unspecified atom stereocenters. The van der Waals surface area contributed by atoms with Gasteiger partial charge >= 0.3 is 16.5 Å². The van der Waals surface area contributed by atoms with Gasteiger partial charge in [0.2, 0.25) is 5.76 Å². The Bertz CT molecular complexity index is 1410. The molecule has 5 atom stereocenters. The minimum absolute atomic E-state index is 0.0267. The SMILES string of the molecule is C[C@H](c1ccc(C(F)(F)F)o1)n1ccc(C(=O)c2cncnc2N[C@@H]2C[C@H](COS(N)(=O)=O)[C@@H](O)[C@@H]2F)c1. The summed E-state index contributed by atoms with van der Waals surface area (Å²) in [5.74, 6) is -2.58. The summed E-state index contributed by atoms with van der Waals surface area (Å²) in [7, 11) is -4.28. The maximum atomic E-state index is 14.8. The van der Waals surface area contributed by atoms with E-state index < -0.39 is 64.9 Å². The minimum atomic E-state index is -4.63. The van der Waals surface area contributed by atoms with Crippen LogP contribution in [0.15, 0.2) is 47.5 Å². The van der Waals surface area contributed by atoms with Gasteiger partial charge in [-0.15, -0.1) is 0 Å². The van der Waals surface area contributed by atoms with Crippen molar-refractivity contribution >= 4 is 21.9 Å². The molecule has 3 heterocycles. The predicted octanol–water partition coefficient (Wildman–Crippen LogP) is 2.45. The number of nitrogens with zero attached hydrogens (tertiary/aromatic N) is 3. The van der Waals surface area contributed by atoms with Crippen LogP contribution in [-0.4, -0.2) is 58.8 Å². The molecule has 3 aromatic rings. The lowest BCUT2D eigenvalue weighted by atomic mass is 10.1. The number of ketones is 1. The van der Waals surface area contributed by atoms with Gasteiger partial charge in [-0.3, -0.25) is 8.98 Å². The van der Waals surface area contributed by atoms with Gasteiger partial charge in [-0.05, 0) is 31.5 Å². The quantitative estimate of drug-likeness (QED) is 0.263. The maximum absolute atomic E-state index is 14.8. The summed E-state index contributed by atoms with van der Waals surface area (Å²) in [6.45, 7) is 1.06. The van der Waals surface area contributed by atoms with Crippen molar-refractivity contribution in [1.82, 2.24) is 14.5 Å². The fourth-order valence-corrected chi connectivity index (χ4v) is 4.55. The van der Waals surface area contributed by atoms with E-state index >= 15 is 0 Å². The first-order valence-corrected chi connectivity index (χ1v) is 12.7. The number of hydrogen-bond donors (Lipinski definition) is 3. The zero-order valence-corrected chi connectivity index (χ0v) is 20.5. The van der Waals surface area contributed by atoms with Crippen molar-refractivity contribution in [2.75, 3.05) is 11.9 Å². The number of alkyl halides is 4. The Morgan fingerprint density at radius 2 is 2.11 bits per heavy atom. The highest BCUT2D eigenvalue weighted by Crippen LogP contribution is 2.34. The zero-order valence-electron chi connectivity index (χ0n) is 19.7. The number of carbonyl (C=O) groups is 1. The van der Waals surface area contributed by atoms with Crippen LogP contribution in [0.25, 0.3) is 0 Å².